The lowest BCUT2D eigenvalue weighted by atomic mass is 10.1. The summed E-state index contributed by atoms with van der Waals surface area (Å²) < 4.78 is 0. The summed E-state index contributed by atoms with van der Waals surface area (Å²) in [5.74, 6) is -1.53. The first-order valence-electron chi connectivity index (χ1n) is 5.74. The Morgan fingerprint density at radius 3 is 2.67 bits per heavy atom. The molecule has 5 heteroatoms. The van der Waals surface area contributed by atoms with Gasteiger partial charge in [-0.05, 0) is 19.4 Å². The molecule has 18 heavy (non-hydrogen) atoms. The molecule has 0 aromatic heterocycles. The second kappa shape index (κ2) is 6.16. The average molecular weight is 250 g/mol. The number of carboxylic acid groups (broad SMARTS) is 1. The SMILES string of the molecule is Cc1cccc([C@@H](C)NC(=O)C(N)CC(=O)O)c1. The smallest absolute Gasteiger partial charge is 0.305 e. The summed E-state index contributed by atoms with van der Waals surface area (Å²) >= 11 is 0. The summed E-state index contributed by atoms with van der Waals surface area (Å²) in [6, 6.07) is 6.53. The maximum atomic E-state index is 11.6. The Hall–Kier alpha value is -1.88. The zero-order valence-electron chi connectivity index (χ0n) is 10.5. The molecule has 2 atom stereocenters. The number of carbonyl (C=O) groups is 2. The second-order valence-electron chi connectivity index (χ2n) is 4.35. The van der Waals surface area contributed by atoms with Crippen molar-refractivity contribution in [2.24, 2.45) is 5.73 Å². The van der Waals surface area contributed by atoms with Crippen LogP contribution in [0.25, 0.3) is 0 Å². The molecule has 98 valence electrons. The Bertz CT molecular complexity index is 446. The van der Waals surface area contributed by atoms with Crippen molar-refractivity contribution in [1.82, 2.24) is 5.32 Å². The zero-order valence-corrected chi connectivity index (χ0v) is 10.5. The van der Waals surface area contributed by atoms with Crippen LogP contribution in [0.15, 0.2) is 24.3 Å². The lowest BCUT2D eigenvalue weighted by Gasteiger charge is -2.17. The molecule has 0 aliphatic rings. The molecule has 1 amide bonds. The molecule has 4 N–H and O–H groups in total. The van der Waals surface area contributed by atoms with Crippen LogP contribution in [0, 0.1) is 6.92 Å². The first kappa shape index (κ1) is 14.2. The molecule has 1 rings (SSSR count). The van der Waals surface area contributed by atoms with Crippen molar-refractivity contribution in [3.05, 3.63) is 35.4 Å². The minimum Gasteiger partial charge on any atom is -0.481 e. The van der Waals surface area contributed by atoms with Crippen LogP contribution in [0.5, 0.6) is 0 Å². The number of aryl methyl sites for hydroxylation is 1. The van der Waals surface area contributed by atoms with Crippen LogP contribution < -0.4 is 11.1 Å². The summed E-state index contributed by atoms with van der Waals surface area (Å²) in [6.07, 6.45) is -0.369. The van der Waals surface area contributed by atoms with Crippen molar-refractivity contribution in [1.29, 1.82) is 0 Å². The van der Waals surface area contributed by atoms with Crippen molar-refractivity contribution in [2.75, 3.05) is 0 Å². The molecule has 0 heterocycles. The molecular weight excluding hydrogens is 232 g/mol. The van der Waals surface area contributed by atoms with Gasteiger partial charge < -0.3 is 16.2 Å². The summed E-state index contributed by atoms with van der Waals surface area (Å²) in [5, 5.41) is 11.3. The molecule has 5 nitrogen and oxygen atoms in total. The van der Waals surface area contributed by atoms with Gasteiger partial charge in [0.1, 0.15) is 0 Å². The molecule has 1 aromatic carbocycles. The van der Waals surface area contributed by atoms with Crippen molar-refractivity contribution in [3.8, 4) is 0 Å². The predicted octanol–water partition coefficient (Wildman–Crippen LogP) is 0.974. The van der Waals surface area contributed by atoms with Gasteiger partial charge in [0.05, 0.1) is 18.5 Å². The van der Waals surface area contributed by atoms with E-state index in [9.17, 15) is 9.59 Å². The zero-order chi connectivity index (χ0) is 13.7. The third kappa shape index (κ3) is 4.18. The highest BCUT2D eigenvalue weighted by Gasteiger charge is 2.19. The number of hydrogen-bond donors (Lipinski definition) is 3. The van der Waals surface area contributed by atoms with Gasteiger partial charge in [0.2, 0.25) is 5.91 Å². The Morgan fingerprint density at radius 2 is 2.11 bits per heavy atom. The molecule has 1 unspecified atom stereocenters. The molecule has 0 aliphatic carbocycles. The number of nitrogens with two attached hydrogens (primary N) is 1. The molecule has 0 radical (unpaired) electrons. The average Bonchev–Trinajstić information content (AvgIpc) is 2.27. The van der Waals surface area contributed by atoms with E-state index in [0.717, 1.165) is 11.1 Å². The molecule has 0 spiro atoms. The summed E-state index contributed by atoms with van der Waals surface area (Å²) in [7, 11) is 0. The number of hydrogen-bond acceptors (Lipinski definition) is 3. The summed E-state index contributed by atoms with van der Waals surface area (Å²) in [6.45, 7) is 3.80. The third-order valence-corrected chi connectivity index (χ3v) is 2.63. The lowest BCUT2D eigenvalue weighted by Crippen LogP contribution is -2.42. The summed E-state index contributed by atoms with van der Waals surface area (Å²) in [5.41, 5.74) is 7.55. The fourth-order valence-electron chi connectivity index (χ4n) is 1.62. The van der Waals surface area contributed by atoms with Crippen molar-refractivity contribution in [3.63, 3.8) is 0 Å². The number of carboxylic acids is 1. The molecule has 0 saturated carbocycles. The monoisotopic (exact) mass is 250 g/mol. The van der Waals surface area contributed by atoms with Crippen molar-refractivity contribution in [2.45, 2.75) is 32.4 Å². The van der Waals surface area contributed by atoms with Gasteiger partial charge in [-0.3, -0.25) is 9.59 Å². The van der Waals surface area contributed by atoms with E-state index in [2.05, 4.69) is 5.32 Å². The van der Waals surface area contributed by atoms with Crippen LogP contribution >= 0.6 is 0 Å². The van der Waals surface area contributed by atoms with Crippen molar-refractivity contribution < 1.29 is 14.7 Å². The number of rotatable bonds is 5. The maximum Gasteiger partial charge on any atom is 0.305 e. The highest BCUT2D eigenvalue weighted by molar-refractivity contribution is 5.86. The quantitative estimate of drug-likeness (QED) is 0.726. The van der Waals surface area contributed by atoms with E-state index in [4.69, 9.17) is 10.8 Å². The molecule has 1 aromatic rings. The maximum absolute atomic E-state index is 11.6. The fraction of sp³-hybridized carbons (Fsp3) is 0.385. The van der Waals surface area contributed by atoms with Gasteiger partial charge in [-0.25, -0.2) is 0 Å². The van der Waals surface area contributed by atoms with Crippen LogP contribution in [0.1, 0.15) is 30.5 Å². The van der Waals surface area contributed by atoms with Gasteiger partial charge >= 0.3 is 5.97 Å². The minimum absolute atomic E-state index is 0.197. The summed E-state index contributed by atoms with van der Waals surface area (Å²) in [4.78, 5) is 22.1. The minimum atomic E-state index is -1.08. The Labute approximate surface area is 106 Å². The van der Waals surface area contributed by atoms with E-state index in [0.29, 0.717) is 0 Å². The van der Waals surface area contributed by atoms with Gasteiger partial charge in [0, 0.05) is 0 Å². The van der Waals surface area contributed by atoms with E-state index in [1.807, 2.05) is 38.1 Å². The van der Waals surface area contributed by atoms with Gasteiger partial charge in [-0.15, -0.1) is 0 Å². The van der Waals surface area contributed by atoms with Gasteiger partial charge in [0.15, 0.2) is 0 Å². The van der Waals surface area contributed by atoms with E-state index < -0.39 is 17.9 Å². The topological polar surface area (TPSA) is 92.4 Å². The van der Waals surface area contributed by atoms with E-state index in [1.54, 1.807) is 0 Å². The number of carbonyl (C=O) groups excluding carboxylic acids is 1. The number of amides is 1. The highest BCUT2D eigenvalue weighted by atomic mass is 16.4. The van der Waals surface area contributed by atoms with Crippen LogP contribution in [0.4, 0.5) is 0 Å². The normalized spacial score (nSPS) is 13.7. The molecule has 0 bridgehead atoms. The highest BCUT2D eigenvalue weighted by Crippen LogP contribution is 2.13. The van der Waals surface area contributed by atoms with E-state index >= 15 is 0 Å². The predicted molar refractivity (Wildman–Crippen MR) is 68.0 cm³/mol. The number of nitrogens with one attached hydrogen (secondary N) is 1. The van der Waals surface area contributed by atoms with Gasteiger partial charge in [0.25, 0.3) is 0 Å². The Morgan fingerprint density at radius 1 is 1.44 bits per heavy atom. The first-order chi connectivity index (χ1) is 8.40. The van der Waals surface area contributed by atoms with E-state index in [-0.39, 0.29) is 12.5 Å². The lowest BCUT2D eigenvalue weighted by molar-refractivity contribution is -0.139. The van der Waals surface area contributed by atoms with E-state index in [1.165, 1.54) is 0 Å². The fourth-order valence-corrected chi connectivity index (χ4v) is 1.62. The van der Waals surface area contributed by atoms with Gasteiger partial charge in [-0.2, -0.15) is 0 Å². The second-order valence-corrected chi connectivity index (χ2v) is 4.35. The van der Waals surface area contributed by atoms with Crippen LogP contribution in [-0.4, -0.2) is 23.0 Å². The van der Waals surface area contributed by atoms with Crippen LogP contribution in [-0.2, 0) is 9.59 Å². The third-order valence-electron chi connectivity index (χ3n) is 2.63. The van der Waals surface area contributed by atoms with Crippen molar-refractivity contribution >= 4 is 11.9 Å². The molecule has 0 fully saturated rings. The number of aliphatic carboxylic acids is 1. The Balaban J connectivity index is 2.62. The van der Waals surface area contributed by atoms with Crippen LogP contribution in [0.2, 0.25) is 0 Å². The molecule has 0 aliphatic heterocycles. The molecular formula is C13H18N2O3. The standard InChI is InChI=1S/C13H18N2O3/c1-8-4-3-5-10(6-8)9(2)15-13(18)11(14)7-12(16)17/h3-6,9,11H,7,14H2,1-2H3,(H,15,18)(H,16,17)/t9-,11?/m1/s1. The van der Waals surface area contributed by atoms with Crippen LogP contribution in [0.3, 0.4) is 0 Å². The molecule has 0 saturated heterocycles. The Kier molecular flexibility index (Phi) is 4.85. The largest absolute Gasteiger partial charge is 0.481 e. The first-order valence-corrected chi connectivity index (χ1v) is 5.74. The number of benzene rings is 1. The van der Waals surface area contributed by atoms with Gasteiger partial charge in [-0.1, -0.05) is 29.8 Å².